The number of carbonyl (C=O) groups excluding carboxylic acids is 1. The Bertz CT molecular complexity index is 770. The number of benzene rings is 2. The zero-order valence-electron chi connectivity index (χ0n) is 12.6. The summed E-state index contributed by atoms with van der Waals surface area (Å²) in [4.78, 5) is 21.2. The van der Waals surface area contributed by atoms with Gasteiger partial charge in [-0.05, 0) is 36.8 Å². The lowest BCUT2D eigenvalue weighted by Gasteiger charge is -2.13. The van der Waals surface area contributed by atoms with Gasteiger partial charge in [0, 0.05) is 6.20 Å². The maximum absolute atomic E-state index is 12.2. The number of hydrogen-bond acceptors (Lipinski definition) is 4. The topological polar surface area (TPSA) is 53.4 Å². The lowest BCUT2D eigenvalue weighted by molar-refractivity contribution is -0.145. The molecule has 0 spiro atoms. The van der Waals surface area contributed by atoms with E-state index in [4.69, 9.17) is 9.57 Å². The normalized spacial score (nSPS) is 11.7. The van der Waals surface area contributed by atoms with Crippen molar-refractivity contribution in [2.24, 2.45) is 0 Å². The van der Waals surface area contributed by atoms with Gasteiger partial charge in [0.1, 0.15) is 17.8 Å². The van der Waals surface area contributed by atoms with E-state index in [-0.39, 0.29) is 5.97 Å². The molecule has 3 rings (SSSR count). The van der Waals surface area contributed by atoms with Crippen LogP contribution in [0.15, 0.2) is 73.3 Å². The Kier molecular flexibility index (Phi) is 4.38. The van der Waals surface area contributed by atoms with E-state index in [2.05, 4.69) is 4.98 Å². The molecular weight excluding hydrogens is 292 g/mol. The molecule has 1 atom stereocenters. The van der Waals surface area contributed by atoms with Crippen LogP contribution in [-0.2, 0) is 4.79 Å². The quantitative estimate of drug-likeness (QED) is 0.724. The Hall–Kier alpha value is -3.08. The van der Waals surface area contributed by atoms with Crippen molar-refractivity contribution in [3.63, 3.8) is 0 Å². The highest BCUT2D eigenvalue weighted by Crippen LogP contribution is 2.25. The molecule has 0 saturated carbocycles. The van der Waals surface area contributed by atoms with Crippen molar-refractivity contribution in [2.75, 3.05) is 0 Å². The SMILES string of the molecule is CC(C(=O)On1ccnc1)c1cccc(Oc2ccccc2)c1. The van der Waals surface area contributed by atoms with Crippen LogP contribution in [0.3, 0.4) is 0 Å². The Balaban J connectivity index is 1.72. The van der Waals surface area contributed by atoms with Crippen LogP contribution in [0.25, 0.3) is 0 Å². The van der Waals surface area contributed by atoms with Crippen molar-refractivity contribution in [1.29, 1.82) is 0 Å². The van der Waals surface area contributed by atoms with Crippen LogP contribution in [0.1, 0.15) is 18.4 Å². The second kappa shape index (κ2) is 6.79. The van der Waals surface area contributed by atoms with Gasteiger partial charge in [-0.1, -0.05) is 30.3 Å². The average molecular weight is 308 g/mol. The molecule has 0 aliphatic rings. The first-order valence-corrected chi connectivity index (χ1v) is 7.25. The molecular formula is C18H16N2O3. The lowest BCUT2D eigenvalue weighted by atomic mass is 10.0. The smallest absolute Gasteiger partial charge is 0.340 e. The van der Waals surface area contributed by atoms with Crippen LogP contribution in [0, 0.1) is 0 Å². The number of carbonyl (C=O) groups is 1. The molecule has 0 saturated heterocycles. The van der Waals surface area contributed by atoms with Crippen LogP contribution in [0.2, 0.25) is 0 Å². The third-order valence-electron chi connectivity index (χ3n) is 3.37. The van der Waals surface area contributed by atoms with Gasteiger partial charge in [0.15, 0.2) is 0 Å². The molecule has 116 valence electrons. The molecule has 0 radical (unpaired) electrons. The molecule has 1 unspecified atom stereocenters. The summed E-state index contributed by atoms with van der Waals surface area (Å²) in [6.45, 7) is 1.79. The summed E-state index contributed by atoms with van der Waals surface area (Å²) in [5, 5.41) is 0. The Labute approximate surface area is 134 Å². The van der Waals surface area contributed by atoms with Crippen molar-refractivity contribution in [3.8, 4) is 11.5 Å². The monoisotopic (exact) mass is 308 g/mol. The highest BCUT2D eigenvalue weighted by Gasteiger charge is 2.18. The van der Waals surface area contributed by atoms with Gasteiger partial charge in [-0.15, -0.1) is 0 Å². The van der Waals surface area contributed by atoms with Gasteiger partial charge < -0.3 is 9.57 Å². The minimum absolute atomic E-state index is 0.361. The highest BCUT2D eigenvalue weighted by molar-refractivity contribution is 5.78. The largest absolute Gasteiger partial charge is 0.457 e. The molecule has 0 bridgehead atoms. The lowest BCUT2D eigenvalue weighted by Crippen LogP contribution is -2.23. The summed E-state index contributed by atoms with van der Waals surface area (Å²) < 4.78 is 7.07. The first-order valence-electron chi connectivity index (χ1n) is 7.25. The fourth-order valence-electron chi connectivity index (χ4n) is 2.09. The van der Waals surface area contributed by atoms with Crippen molar-refractivity contribution >= 4 is 5.97 Å². The van der Waals surface area contributed by atoms with E-state index >= 15 is 0 Å². The van der Waals surface area contributed by atoms with E-state index in [9.17, 15) is 4.79 Å². The molecule has 0 fully saturated rings. The van der Waals surface area contributed by atoms with Gasteiger partial charge in [-0.25, -0.2) is 9.78 Å². The predicted octanol–water partition coefficient (Wildman–Crippen LogP) is 3.43. The summed E-state index contributed by atoms with van der Waals surface area (Å²) >= 11 is 0. The second-order valence-corrected chi connectivity index (χ2v) is 5.04. The molecule has 1 aromatic heterocycles. The van der Waals surface area contributed by atoms with Crippen molar-refractivity contribution in [3.05, 3.63) is 78.9 Å². The zero-order valence-corrected chi connectivity index (χ0v) is 12.6. The molecule has 0 N–H and O–H groups in total. The van der Waals surface area contributed by atoms with E-state index in [1.165, 1.54) is 11.1 Å². The molecule has 0 aliphatic heterocycles. The Morgan fingerprint density at radius 1 is 1.09 bits per heavy atom. The first-order chi connectivity index (χ1) is 11.2. The van der Waals surface area contributed by atoms with Crippen LogP contribution >= 0.6 is 0 Å². The van der Waals surface area contributed by atoms with Gasteiger partial charge in [0.25, 0.3) is 0 Å². The highest BCUT2D eigenvalue weighted by atomic mass is 16.7. The molecule has 3 aromatic rings. The summed E-state index contributed by atoms with van der Waals surface area (Å²) in [5.74, 6) is 0.644. The molecule has 23 heavy (non-hydrogen) atoms. The number of ether oxygens (including phenoxy) is 1. The number of para-hydroxylation sites is 1. The summed E-state index contributed by atoms with van der Waals surface area (Å²) in [7, 11) is 0. The van der Waals surface area contributed by atoms with Gasteiger partial charge in [0.2, 0.25) is 0 Å². The zero-order chi connectivity index (χ0) is 16.1. The van der Waals surface area contributed by atoms with Crippen LogP contribution in [0.4, 0.5) is 0 Å². The standard InChI is InChI=1S/C18H16N2O3/c1-14(18(21)23-20-11-10-19-13-20)15-6-5-9-17(12-15)22-16-7-3-2-4-8-16/h2-14H,1H3. The van der Waals surface area contributed by atoms with Crippen LogP contribution in [-0.4, -0.2) is 15.7 Å². The third kappa shape index (κ3) is 3.77. The van der Waals surface area contributed by atoms with E-state index in [1.807, 2.05) is 54.6 Å². The van der Waals surface area contributed by atoms with E-state index in [1.54, 1.807) is 19.3 Å². The molecule has 2 aromatic carbocycles. The number of hydrogen-bond donors (Lipinski definition) is 0. The van der Waals surface area contributed by atoms with Gasteiger partial charge in [0.05, 0.1) is 12.1 Å². The molecule has 5 nitrogen and oxygen atoms in total. The fourth-order valence-corrected chi connectivity index (χ4v) is 2.09. The second-order valence-electron chi connectivity index (χ2n) is 5.04. The number of nitrogens with zero attached hydrogens (tertiary/aromatic N) is 2. The van der Waals surface area contributed by atoms with Gasteiger partial charge in [-0.3, -0.25) is 0 Å². The molecule has 0 aliphatic carbocycles. The van der Waals surface area contributed by atoms with E-state index in [0.29, 0.717) is 5.75 Å². The van der Waals surface area contributed by atoms with Crippen molar-refractivity contribution < 1.29 is 14.4 Å². The summed E-state index contributed by atoms with van der Waals surface area (Å²) in [6.07, 6.45) is 4.55. The minimum atomic E-state index is -0.420. The van der Waals surface area contributed by atoms with Gasteiger partial charge >= 0.3 is 5.97 Å². The fraction of sp³-hybridized carbons (Fsp3) is 0.111. The van der Waals surface area contributed by atoms with Crippen LogP contribution in [0.5, 0.6) is 11.5 Å². The summed E-state index contributed by atoms with van der Waals surface area (Å²) in [6, 6.07) is 16.9. The maximum atomic E-state index is 12.2. The molecule has 0 amide bonds. The maximum Gasteiger partial charge on any atom is 0.340 e. The van der Waals surface area contributed by atoms with E-state index < -0.39 is 5.92 Å². The third-order valence-corrected chi connectivity index (χ3v) is 3.37. The Morgan fingerprint density at radius 2 is 1.87 bits per heavy atom. The Morgan fingerprint density at radius 3 is 2.61 bits per heavy atom. The van der Waals surface area contributed by atoms with Crippen LogP contribution < -0.4 is 9.57 Å². The molecule has 1 heterocycles. The summed E-state index contributed by atoms with van der Waals surface area (Å²) in [5.41, 5.74) is 0.823. The first kappa shape index (κ1) is 14.8. The number of rotatable bonds is 5. The number of imidazole rings is 1. The van der Waals surface area contributed by atoms with E-state index in [0.717, 1.165) is 11.3 Å². The van der Waals surface area contributed by atoms with Gasteiger partial charge in [-0.2, -0.15) is 4.73 Å². The molecule has 5 heteroatoms. The van der Waals surface area contributed by atoms with Crippen molar-refractivity contribution in [1.82, 2.24) is 9.71 Å². The number of aromatic nitrogens is 2. The minimum Gasteiger partial charge on any atom is -0.457 e. The van der Waals surface area contributed by atoms with Crippen molar-refractivity contribution in [2.45, 2.75) is 12.8 Å². The average Bonchev–Trinajstić information content (AvgIpc) is 3.08. The predicted molar refractivity (Wildman–Crippen MR) is 85.2 cm³/mol.